The van der Waals surface area contributed by atoms with Gasteiger partial charge in [-0.2, -0.15) is 11.8 Å². The monoisotopic (exact) mass is 864 g/mol. The van der Waals surface area contributed by atoms with Gasteiger partial charge in [-0.05, 0) is 129 Å². The SMILES string of the molecule is C=CC(=O)OCCC1CN2CCC1CC2C(O)c1ccnc2ccc(OCC3CN4CC(CCSCCO)C3CC4C(OC(=O)C(=C)C)c3ccnc4ccc(OC)cc34)cc12. The number of pyridine rings is 2. The topological polar surface area (TPSA) is 144 Å². The molecule has 6 saturated heterocycles. The number of ether oxygens (including phenoxy) is 4. The molecule has 62 heavy (non-hydrogen) atoms. The fourth-order valence-corrected chi connectivity index (χ4v) is 11.6. The van der Waals surface area contributed by atoms with E-state index in [1.54, 1.807) is 38.2 Å². The van der Waals surface area contributed by atoms with Crippen molar-refractivity contribution in [2.24, 2.45) is 29.6 Å². The number of fused-ring (bicyclic) bond motifs is 8. The van der Waals surface area contributed by atoms with Crippen LogP contribution in [0.5, 0.6) is 11.5 Å². The number of rotatable bonds is 19. The van der Waals surface area contributed by atoms with Crippen molar-refractivity contribution in [3.8, 4) is 11.5 Å². The van der Waals surface area contributed by atoms with E-state index < -0.39 is 18.2 Å². The van der Waals surface area contributed by atoms with Gasteiger partial charge in [0.1, 0.15) is 17.6 Å². The van der Waals surface area contributed by atoms with Gasteiger partial charge in [0.2, 0.25) is 0 Å². The first-order valence-electron chi connectivity index (χ1n) is 22.1. The maximum Gasteiger partial charge on any atom is 0.333 e. The fraction of sp³-hybridized carbons (Fsp3) is 0.510. The molecule has 11 unspecified atom stereocenters. The van der Waals surface area contributed by atoms with Crippen molar-refractivity contribution in [2.45, 2.75) is 63.3 Å². The van der Waals surface area contributed by atoms with E-state index in [0.717, 1.165) is 108 Å². The van der Waals surface area contributed by atoms with Crippen LogP contribution in [0.4, 0.5) is 0 Å². The third-order valence-corrected chi connectivity index (χ3v) is 14.9. The van der Waals surface area contributed by atoms with Crippen molar-refractivity contribution in [1.82, 2.24) is 19.8 Å². The summed E-state index contributed by atoms with van der Waals surface area (Å²) in [7, 11) is 1.64. The molecule has 2 N–H and O–H groups in total. The number of aliphatic hydroxyl groups excluding tert-OH is 2. The molecule has 6 aliphatic rings. The first-order valence-corrected chi connectivity index (χ1v) is 23.3. The summed E-state index contributed by atoms with van der Waals surface area (Å²) in [4.78, 5) is 39.1. The smallest absolute Gasteiger partial charge is 0.333 e. The van der Waals surface area contributed by atoms with Gasteiger partial charge in [0.25, 0.3) is 0 Å². The third-order valence-electron chi connectivity index (χ3n) is 14.0. The van der Waals surface area contributed by atoms with Gasteiger partial charge in [-0.25, -0.2) is 9.59 Å². The lowest BCUT2D eigenvalue weighted by Gasteiger charge is -2.55. The van der Waals surface area contributed by atoms with Crippen LogP contribution in [-0.2, 0) is 19.1 Å². The second-order valence-corrected chi connectivity index (χ2v) is 18.8. The predicted molar refractivity (Wildman–Crippen MR) is 241 cm³/mol. The van der Waals surface area contributed by atoms with E-state index in [1.807, 2.05) is 48.5 Å². The Morgan fingerprint density at radius 2 is 1.61 bits per heavy atom. The first-order chi connectivity index (χ1) is 30.1. The van der Waals surface area contributed by atoms with E-state index >= 15 is 0 Å². The molecule has 4 aromatic rings. The van der Waals surface area contributed by atoms with Gasteiger partial charge in [-0.3, -0.25) is 19.8 Å². The van der Waals surface area contributed by atoms with E-state index in [4.69, 9.17) is 18.9 Å². The van der Waals surface area contributed by atoms with Crippen molar-refractivity contribution in [3.63, 3.8) is 0 Å². The zero-order valence-electron chi connectivity index (χ0n) is 35.9. The molecule has 12 nitrogen and oxygen atoms in total. The predicted octanol–water partition coefficient (Wildman–Crippen LogP) is 6.95. The molecule has 0 spiro atoms. The number of carbonyl (C=O) groups is 2. The summed E-state index contributed by atoms with van der Waals surface area (Å²) in [6, 6.07) is 15.6. The van der Waals surface area contributed by atoms with E-state index in [9.17, 15) is 19.8 Å². The molecule has 0 saturated carbocycles. The Balaban J connectivity index is 1.00. The molecule has 0 aliphatic carbocycles. The average Bonchev–Trinajstić information content (AvgIpc) is 3.30. The Morgan fingerprint density at radius 3 is 2.31 bits per heavy atom. The minimum atomic E-state index is -0.688. The van der Waals surface area contributed by atoms with Gasteiger partial charge in [-0.15, -0.1) is 0 Å². The summed E-state index contributed by atoms with van der Waals surface area (Å²) in [5, 5.41) is 23.3. The molecule has 13 heteroatoms. The van der Waals surface area contributed by atoms with Gasteiger partial charge in [-0.1, -0.05) is 13.2 Å². The maximum atomic E-state index is 13.3. The van der Waals surface area contributed by atoms with Crippen LogP contribution < -0.4 is 9.47 Å². The molecule has 11 atom stereocenters. The lowest BCUT2D eigenvalue weighted by molar-refractivity contribution is -0.156. The number of esters is 2. The summed E-state index contributed by atoms with van der Waals surface area (Å²) in [6.45, 7) is 13.6. The van der Waals surface area contributed by atoms with Crippen LogP contribution in [0.3, 0.4) is 0 Å². The maximum absolute atomic E-state index is 13.3. The highest BCUT2D eigenvalue weighted by Gasteiger charge is 2.49. The van der Waals surface area contributed by atoms with Crippen molar-refractivity contribution >= 4 is 45.5 Å². The van der Waals surface area contributed by atoms with Crippen LogP contribution in [0.2, 0.25) is 0 Å². The van der Waals surface area contributed by atoms with Crippen LogP contribution in [0.1, 0.15) is 62.4 Å². The normalized spacial score (nSPS) is 27.4. The van der Waals surface area contributed by atoms with Crippen LogP contribution >= 0.6 is 11.8 Å². The van der Waals surface area contributed by atoms with Gasteiger partial charge < -0.3 is 29.2 Å². The zero-order chi connectivity index (χ0) is 43.3. The summed E-state index contributed by atoms with van der Waals surface area (Å²) in [6.07, 6.45) is 8.16. The van der Waals surface area contributed by atoms with E-state index in [2.05, 4.69) is 32.9 Å². The Bertz CT molecular complexity index is 2260. The number of piperidine rings is 6. The van der Waals surface area contributed by atoms with Crippen LogP contribution in [-0.4, -0.2) is 119 Å². The Labute approximate surface area is 368 Å². The average molecular weight is 865 g/mol. The third kappa shape index (κ3) is 9.52. The van der Waals surface area contributed by atoms with Gasteiger partial charge in [0.15, 0.2) is 0 Å². The Kier molecular flexibility index (Phi) is 14.1. The highest BCUT2D eigenvalue weighted by atomic mass is 32.2. The lowest BCUT2D eigenvalue weighted by atomic mass is 9.67. The number of hydrogen-bond acceptors (Lipinski definition) is 13. The Morgan fingerprint density at radius 1 is 0.903 bits per heavy atom. The summed E-state index contributed by atoms with van der Waals surface area (Å²) < 4.78 is 24.0. The molecule has 6 fully saturated rings. The van der Waals surface area contributed by atoms with Gasteiger partial charge in [0.05, 0.1) is 50.1 Å². The van der Waals surface area contributed by atoms with E-state index in [1.165, 1.54) is 6.08 Å². The highest BCUT2D eigenvalue weighted by Crippen LogP contribution is 2.48. The molecular formula is C49H60N4O8S. The van der Waals surface area contributed by atoms with E-state index in [-0.39, 0.29) is 30.6 Å². The highest BCUT2D eigenvalue weighted by molar-refractivity contribution is 7.99. The van der Waals surface area contributed by atoms with Crippen LogP contribution in [0.25, 0.3) is 21.8 Å². The fourth-order valence-electron chi connectivity index (χ4n) is 10.8. The number of thioether (sulfide) groups is 1. The van der Waals surface area contributed by atoms with Gasteiger partial charge >= 0.3 is 11.9 Å². The molecule has 10 rings (SSSR count). The molecule has 6 aliphatic heterocycles. The molecule has 330 valence electrons. The molecule has 0 radical (unpaired) electrons. The number of aliphatic hydroxyl groups is 2. The second kappa shape index (κ2) is 19.9. The number of nitrogens with zero attached hydrogens (tertiary/aromatic N) is 4. The van der Waals surface area contributed by atoms with Crippen LogP contribution in [0, 0.1) is 29.6 Å². The summed E-state index contributed by atoms with van der Waals surface area (Å²) in [5.41, 5.74) is 3.73. The van der Waals surface area contributed by atoms with Crippen molar-refractivity contribution in [1.29, 1.82) is 0 Å². The number of hydrogen-bond donors (Lipinski definition) is 2. The molecule has 8 heterocycles. The molecule has 4 bridgehead atoms. The zero-order valence-corrected chi connectivity index (χ0v) is 36.7. The molecular weight excluding hydrogens is 805 g/mol. The van der Waals surface area contributed by atoms with Crippen molar-refractivity contribution < 1.29 is 38.7 Å². The minimum Gasteiger partial charge on any atom is -0.497 e. The van der Waals surface area contributed by atoms with Crippen molar-refractivity contribution in [2.75, 3.05) is 64.6 Å². The number of carbonyl (C=O) groups excluding carboxylic acids is 2. The summed E-state index contributed by atoms with van der Waals surface area (Å²) >= 11 is 1.78. The second-order valence-electron chi connectivity index (χ2n) is 17.6. The Hall–Kier alpha value is -4.53. The standard InChI is InChI=1S/C49H60N4O8S/c1-5-46(55)59-19-13-32-26-52-17-12-31(32)22-44(52)47(56)37-10-15-50-42-9-7-36(24-40(37)42)60-29-34-28-53-27-33(14-20-62-21-18-54)39(34)25-45(53)48(61-49(57)30(2)3)38-11-16-51-43-8-6-35(58-4)23-41(38)43/h5-11,15-16,23-24,31-34,39,44-45,47-48,54,56H,1-2,12-14,17-22,25-29H2,3-4H3. The quantitative estimate of drug-likeness (QED) is 0.0571. The number of methoxy groups -OCH3 is 1. The number of benzene rings is 2. The largest absolute Gasteiger partial charge is 0.497 e. The molecule has 2 aromatic heterocycles. The molecule has 0 amide bonds. The minimum absolute atomic E-state index is 0.00572. The van der Waals surface area contributed by atoms with Gasteiger partial charge in [0, 0.05) is 77.7 Å². The van der Waals surface area contributed by atoms with Crippen LogP contribution in [0.15, 0.2) is 85.7 Å². The molecule has 2 aromatic carbocycles. The summed E-state index contributed by atoms with van der Waals surface area (Å²) in [5.74, 6) is 4.17. The van der Waals surface area contributed by atoms with E-state index in [0.29, 0.717) is 48.2 Å². The van der Waals surface area contributed by atoms with Crippen molar-refractivity contribution in [3.05, 3.63) is 96.9 Å². The first kappa shape index (κ1) is 44.1. The lowest BCUT2D eigenvalue weighted by Crippen LogP contribution is -2.60. The number of aromatic nitrogens is 2.